The molecular formula is C16H17FN6O. The van der Waals surface area contributed by atoms with Gasteiger partial charge >= 0.3 is 0 Å². The Morgan fingerprint density at radius 1 is 1.21 bits per heavy atom. The molecule has 1 aliphatic heterocycles. The van der Waals surface area contributed by atoms with Crippen molar-refractivity contribution in [3.05, 3.63) is 48.6 Å². The van der Waals surface area contributed by atoms with Crippen molar-refractivity contribution in [1.29, 1.82) is 0 Å². The number of nitrogens with zero attached hydrogens (tertiary/aromatic N) is 6. The van der Waals surface area contributed by atoms with E-state index >= 15 is 0 Å². The van der Waals surface area contributed by atoms with Gasteiger partial charge in [-0.2, -0.15) is 5.10 Å². The van der Waals surface area contributed by atoms with E-state index in [2.05, 4.69) is 25.2 Å². The molecule has 0 amide bonds. The van der Waals surface area contributed by atoms with Gasteiger partial charge in [-0.05, 0) is 43.7 Å². The van der Waals surface area contributed by atoms with Crippen LogP contribution in [0.4, 0.5) is 4.39 Å². The summed E-state index contributed by atoms with van der Waals surface area (Å²) in [6, 6.07) is 6.42. The molecule has 8 heteroatoms. The van der Waals surface area contributed by atoms with Crippen molar-refractivity contribution in [3.8, 4) is 11.5 Å². The molecule has 24 heavy (non-hydrogen) atoms. The van der Waals surface area contributed by atoms with Crippen LogP contribution in [0.2, 0.25) is 0 Å². The van der Waals surface area contributed by atoms with Crippen molar-refractivity contribution < 1.29 is 8.81 Å². The average Bonchev–Trinajstić information content (AvgIpc) is 3.32. The molecule has 0 radical (unpaired) electrons. The number of rotatable bonds is 5. The molecule has 4 rings (SSSR count). The maximum atomic E-state index is 13.0. The number of likely N-dealkylation sites (tertiary alicyclic amines) is 1. The minimum Gasteiger partial charge on any atom is -0.419 e. The van der Waals surface area contributed by atoms with Crippen LogP contribution in [0.3, 0.4) is 0 Å². The monoisotopic (exact) mass is 328 g/mol. The van der Waals surface area contributed by atoms with Crippen LogP contribution in [0.5, 0.6) is 0 Å². The summed E-state index contributed by atoms with van der Waals surface area (Å²) in [7, 11) is 0. The molecule has 0 bridgehead atoms. The summed E-state index contributed by atoms with van der Waals surface area (Å²) >= 11 is 0. The largest absolute Gasteiger partial charge is 0.419 e. The lowest BCUT2D eigenvalue weighted by Gasteiger charge is -2.22. The van der Waals surface area contributed by atoms with Crippen molar-refractivity contribution in [2.75, 3.05) is 6.54 Å². The van der Waals surface area contributed by atoms with E-state index in [0.717, 1.165) is 31.5 Å². The second-order valence-electron chi connectivity index (χ2n) is 5.89. The fourth-order valence-electron chi connectivity index (χ4n) is 3.05. The normalized spacial score (nSPS) is 18.3. The maximum Gasteiger partial charge on any atom is 0.247 e. The molecule has 0 unspecified atom stereocenters. The molecule has 124 valence electrons. The van der Waals surface area contributed by atoms with E-state index in [1.54, 1.807) is 24.8 Å². The highest BCUT2D eigenvalue weighted by Crippen LogP contribution is 2.23. The molecule has 0 saturated carbocycles. The molecule has 2 aromatic heterocycles. The van der Waals surface area contributed by atoms with Crippen molar-refractivity contribution in [1.82, 2.24) is 29.9 Å². The van der Waals surface area contributed by atoms with Crippen molar-refractivity contribution in [2.24, 2.45) is 0 Å². The van der Waals surface area contributed by atoms with E-state index in [-0.39, 0.29) is 5.82 Å². The van der Waals surface area contributed by atoms with Gasteiger partial charge in [-0.15, -0.1) is 10.2 Å². The van der Waals surface area contributed by atoms with E-state index in [0.29, 0.717) is 24.4 Å². The van der Waals surface area contributed by atoms with Crippen LogP contribution in [-0.4, -0.2) is 42.4 Å². The van der Waals surface area contributed by atoms with Gasteiger partial charge in [0, 0.05) is 11.6 Å². The summed E-state index contributed by atoms with van der Waals surface area (Å²) in [6.07, 6.45) is 5.53. The number of halogens is 1. The lowest BCUT2D eigenvalue weighted by Crippen LogP contribution is -2.32. The average molecular weight is 328 g/mol. The molecule has 1 fully saturated rings. The Balaban J connectivity index is 1.44. The standard InChI is InChI=1S/C16H17FN6O/c17-13-5-3-12(4-6-13)16-21-20-15(24-16)9-22-7-1-2-14(22)8-23-11-18-10-19-23/h3-6,10-11,14H,1-2,7-9H2/t14-/m1/s1. The molecule has 0 N–H and O–H groups in total. The predicted octanol–water partition coefficient (Wildman–Crippen LogP) is 2.13. The molecule has 7 nitrogen and oxygen atoms in total. The Bertz CT molecular complexity index is 785. The van der Waals surface area contributed by atoms with Crippen LogP contribution in [0.25, 0.3) is 11.5 Å². The molecule has 1 aliphatic rings. The third-order valence-corrected chi connectivity index (χ3v) is 4.26. The SMILES string of the molecule is Fc1ccc(-c2nnc(CN3CCC[C@@H]3Cn3cncn3)o2)cc1. The Hall–Kier alpha value is -2.61. The molecule has 0 aliphatic carbocycles. The van der Waals surface area contributed by atoms with E-state index in [9.17, 15) is 4.39 Å². The van der Waals surface area contributed by atoms with Crippen LogP contribution in [-0.2, 0) is 13.1 Å². The van der Waals surface area contributed by atoms with Gasteiger partial charge in [0.2, 0.25) is 11.8 Å². The third-order valence-electron chi connectivity index (χ3n) is 4.26. The van der Waals surface area contributed by atoms with Crippen LogP contribution in [0.15, 0.2) is 41.3 Å². The Labute approximate surface area is 138 Å². The summed E-state index contributed by atoms with van der Waals surface area (Å²) < 4.78 is 20.6. The van der Waals surface area contributed by atoms with Crippen LogP contribution in [0.1, 0.15) is 18.7 Å². The number of aromatic nitrogens is 5. The van der Waals surface area contributed by atoms with E-state index < -0.39 is 0 Å². The van der Waals surface area contributed by atoms with Gasteiger partial charge in [0.15, 0.2) is 0 Å². The smallest absolute Gasteiger partial charge is 0.247 e. The Morgan fingerprint density at radius 3 is 2.88 bits per heavy atom. The third kappa shape index (κ3) is 3.18. The zero-order chi connectivity index (χ0) is 16.4. The minimum atomic E-state index is -0.286. The molecule has 3 heterocycles. The lowest BCUT2D eigenvalue weighted by molar-refractivity contribution is 0.200. The molecule has 1 saturated heterocycles. The van der Waals surface area contributed by atoms with Crippen molar-refractivity contribution in [3.63, 3.8) is 0 Å². The van der Waals surface area contributed by atoms with Gasteiger partial charge in [0.05, 0.1) is 13.1 Å². The Morgan fingerprint density at radius 2 is 2.08 bits per heavy atom. The quantitative estimate of drug-likeness (QED) is 0.714. The zero-order valence-electron chi connectivity index (χ0n) is 13.0. The maximum absolute atomic E-state index is 13.0. The number of hydrogen-bond acceptors (Lipinski definition) is 6. The summed E-state index contributed by atoms with van der Waals surface area (Å²) in [5.74, 6) is 0.698. The lowest BCUT2D eigenvalue weighted by atomic mass is 10.2. The van der Waals surface area contributed by atoms with Crippen molar-refractivity contribution in [2.45, 2.75) is 32.0 Å². The fraction of sp³-hybridized carbons (Fsp3) is 0.375. The van der Waals surface area contributed by atoms with E-state index in [4.69, 9.17) is 4.42 Å². The summed E-state index contributed by atoms with van der Waals surface area (Å²) in [6.45, 7) is 2.40. The molecule has 3 aromatic rings. The van der Waals surface area contributed by atoms with Gasteiger partial charge in [0.25, 0.3) is 0 Å². The van der Waals surface area contributed by atoms with E-state index in [1.165, 1.54) is 12.1 Å². The van der Waals surface area contributed by atoms with Gasteiger partial charge in [-0.3, -0.25) is 9.58 Å². The van der Waals surface area contributed by atoms with Gasteiger partial charge in [0.1, 0.15) is 18.5 Å². The van der Waals surface area contributed by atoms with Gasteiger partial charge in [-0.25, -0.2) is 9.37 Å². The number of benzene rings is 1. The van der Waals surface area contributed by atoms with Crippen molar-refractivity contribution >= 4 is 0 Å². The summed E-state index contributed by atoms with van der Waals surface area (Å²) in [5.41, 5.74) is 0.718. The topological polar surface area (TPSA) is 72.9 Å². The first-order valence-electron chi connectivity index (χ1n) is 7.93. The molecule has 0 spiro atoms. The molecule has 1 atom stereocenters. The second kappa shape index (κ2) is 6.48. The van der Waals surface area contributed by atoms with Crippen LogP contribution in [0, 0.1) is 5.82 Å². The van der Waals surface area contributed by atoms with Crippen LogP contribution >= 0.6 is 0 Å². The van der Waals surface area contributed by atoms with Gasteiger partial charge < -0.3 is 4.42 Å². The molecule has 1 aromatic carbocycles. The minimum absolute atomic E-state index is 0.286. The van der Waals surface area contributed by atoms with Gasteiger partial charge in [-0.1, -0.05) is 0 Å². The van der Waals surface area contributed by atoms with Crippen LogP contribution < -0.4 is 0 Å². The molecular weight excluding hydrogens is 311 g/mol. The highest BCUT2D eigenvalue weighted by molar-refractivity contribution is 5.51. The summed E-state index contributed by atoms with van der Waals surface area (Å²) in [4.78, 5) is 6.31. The highest BCUT2D eigenvalue weighted by atomic mass is 19.1. The first-order chi connectivity index (χ1) is 11.8. The Kier molecular flexibility index (Phi) is 4.04. The summed E-state index contributed by atoms with van der Waals surface area (Å²) in [5, 5.41) is 12.4. The number of hydrogen-bond donors (Lipinski definition) is 0. The zero-order valence-corrected chi connectivity index (χ0v) is 13.0. The highest BCUT2D eigenvalue weighted by Gasteiger charge is 2.26. The fourth-order valence-corrected chi connectivity index (χ4v) is 3.05. The van der Waals surface area contributed by atoms with E-state index in [1.807, 2.05) is 4.68 Å². The predicted molar refractivity (Wildman–Crippen MR) is 83.1 cm³/mol. The first-order valence-corrected chi connectivity index (χ1v) is 7.93. The second-order valence-corrected chi connectivity index (χ2v) is 5.89. The first kappa shape index (κ1) is 14.9.